The molecular formula is C12H12N4S. The van der Waals surface area contributed by atoms with Gasteiger partial charge in [-0.1, -0.05) is 42.1 Å². The van der Waals surface area contributed by atoms with E-state index in [1.165, 1.54) is 11.8 Å². The molecule has 1 atom stereocenters. The molecule has 0 fully saturated rings. The van der Waals surface area contributed by atoms with Gasteiger partial charge in [-0.2, -0.15) is 5.26 Å². The lowest BCUT2D eigenvalue weighted by Gasteiger charge is -2.20. The number of rotatable bonds is 4. The Kier molecular flexibility index (Phi) is 3.47. The zero-order valence-corrected chi connectivity index (χ0v) is 9.95. The number of aromatic amines is 1. The molecule has 3 N–H and O–H groups in total. The minimum absolute atomic E-state index is 0.459. The number of thioether (sulfide) groups is 1. The largest absolute Gasteiger partial charge is 0.340 e. The van der Waals surface area contributed by atoms with E-state index in [1.54, 1.807) is 12.4 Å². The van der Waals surface area contributed by atoms with E-state index in [0.29, 0.717) is 5.75 Å². The maximum atomic E-state index is 9.25. The van der Waals surface area contributed by atoms with Gasteiger partial charge in [0.1, 0.15) is 5.54 Å². The first-order valence-electron chi connectivity index (χ1n) is 5.12. The van der Waals surface area contributed by atoms with Gasteiger partial charge in [0, 0.05) is 18.1 Å². The number of nitrogens with zero attached hydrogens (tertiary/aromatic N) is 2. The fraction of sp³-hybridized carbons (Fsp3) is 0.167. The minimum Gasteiger partial charge on any atom is -0.340 e. The molecule has 1 aromatic carbocycles. The second-order valence-corrected chi connectivity index (χ2v) is 4.60. The van der Waals surface area contributed by atoms with Crippen LogP contribution in [0.2, 0.25) is 0 Å². The molecule has 5 heteroatoms. The lowest BCUT2D eigenvalue weighted by atomic mass is 9.95. The Morgan fingerprint density at radius 2 is 2.18 bits per heavy atom. The Bertz CT molecular complexity index is 503. The van der Waals surface area contributed by atoms with Crippen molar-refractivity contribution in [1.29, 1.82) is 5.26 Å². The van der Waals surface area contributed by atoms with Crippen molar-refractivity contribution in [3.8, 4) is 6.07 Å². The molecule has 0 amide bonds. The number of H-pyrrole nitrogens is 1. The molecule has 0 aliphatic rings. The van der Waals surface area contributed by atoms with Gasteiger partial charge in [0.05, 0.1) is 6.07 Å². The molecule has 86 valence electrons. The number of imidazole rings is 1. The standard InChI is InChI=1S/C12H12N4S/c13-8-12(14,10-4-2-1-3-5-10)9-17-11-15-6-7-16-11/h1-7H,9,14H2,(H,15,16). The molecule has 0 aliphatic carbocycles. The molecule has 17 heavy (non-hydrogen) atoms. The third kappa shape index (κ3) is 2.67. The zero-order chi connectivity index (χ0) is 12.1. The molecule has 0 saturated heterocycles. The summed E-state index contributed by atoms with van der Waals surface area (Å²) in [4.78, 5) is 7.06. The molecule has 4 nitrogen and oxygen atoms in total. The summed E-state index contributed by atoms with van der Waals surface area (Å²) in [7, 11) is 0. The first kappa shape index (κ1) is 11.7. The fourth-order valence-electron chi connectivity index (χ4n) is 1.43. The van der Waals surface area contributed by atoms with Crippen LogP contribution in [0.25, 0.3) is 0 Å². The van der Waals surface area contributed by atoms with Crippen molar-refractivity contribution < 1.29 is 0 Å². The van der Waals surface area contributed by atoms with Crippen LogP contribution < -0.4 is 5.73 Å². The van der Waals surface area contributed by atoms with Crippen molar-refractivity contribution in [3.63, 3.8) is 0 Å². The molecule has 2 aromatic rings. The molecule has 0 bridgehead atoms. The van der Waals surface area contributed by atoms with Gasteiger partial charge in [-0.3, -0.25) is 0 Å². The Labute approximate surface area is 104 Å². The van der Waals surface area contributed by atoms with Gasteiger partial charge in [-0.15, -0.1) is 0 Å². The summed E-state index contributed by atoms with van der Waals surface area (Å²) in [6.45, 7) is 0. The van der Waals surface area contributed by atoms with Crippen LogP contribution in [0, 0.1) is 11.3 Å². The maximum Gasteiger partial charge on any atom is 0.165 e. The summed E-state index contributed by atoms with van der Waals surface area (Å²) in [5, 5.41) is 10.0. The minimum atomic E-state index is -0.987. The highest BCUT2D eigenvalue weighted by atomic mass is 32.2. The number of hydrogen-bond donors (Lipinski definition) is 2. The maximum absolute atomic E-state index is 9.25. The summed E-state index contributed by atoms with van der Waals surface area (Å²) in [5.41, 5.74) is 5.95. The van der Waals surface area contributed by atoms with Gasteiger partial charge in [-0.25, -0.2) is 4.98 Å². The summed E-state index contributed by atoms with van der Waals surface area (Å²) < 4.78 is 0. The number of nitriles is 1. The van der Waals surface area contributed by atoms with Crippen LogP contribution in [-0.2, 0) is 5.54 Å². The summed E-state index contributed by atoms with van der Waals surface area (Å²) in [6.07, 6.45) is 3.42. The average Bonchev–Trinajstić information content (AvgIpc) is 2.90. The van der Waals surface area contributed by atoms with Gasteiger partial charge >= 0.3 is 0 Å². The SMILES string of the molecule is N#CC(N)(CSc1ncc[nH]1)c1ccccc1. The van der Waals surface area contributed by atoms with Crippen molar-refractivity contribution in [3.05, 3.63) is 48.3 Å². The van der Waals surface area contributed by atoms with Crippen molar-refractivity contribution in [2.45, 2.75) is 10.7 Å². The number of aromatic nitrogens is 2. The molecular weight excluding hydrogens is 232 g/mol. The smallest absolute Gasteiger partial charge is 0.165 e. The lowest BCUT2D eigenvalue weighted by Crippen LogP contribution is -2.37. The quantitative estimate of drug-likeness (QED) is 0.805. The van der Waals surface area contributed by atoms with Crippen LogP contribution >= 0.6 is 11.8 Å². The molecule has 1 unspecified atom stereocenters. The van der Waals surface area contributed by atoms with E-state index in [2.05, 4.69) is 16.0 Å². The predicted octanol–water partition coefficient (Wildman–Crippen LogP) is 1.88. The van der Waals surface area contributed by atoms with Crippen LogP contribution in [0.15, 0.2) is 47.9 Å². The van der Waals surface area contributed by atoms with Crippen LogP contribution in [0.5, 0.6) is 0 Å². The molecule has 2 rings (SSSR count). The van der Waals surface area contributed by atoms with E-state index < -0.39 is 5.54 Å². The van der Waals surface area contributed by atoms with Crippen molar-refractivity contribution in [2.75, 3.05) is 5.75 Å². The summed E-state index contributed by atoms with van der Waals surface area (Å²) >= 11 is 1.44. The highest BCUT2D eigenvalue weighted by molar-refractivity contribution is 7.99. The first-order chi connectivity index (χ1) is 8.24. The van der Waals surface area contributed by atoms with E-state index >= 15 is 0 Å². The number of benzene rings is 1. The molecule has 1 aromatic heterocycles. The monoisotopic (exact) mass is 244 g/mol. The highest BCUT2D eigenvalue weighted by Gasteiger charge is 2.27. The zero-order valence-electron chi connectivity index (χ0n) is 9.13. The van der Waals surface area contributed by atoms with Gasteiger partial charge in [0.15, 0.2) is 5.16 Å². The number of nitrogens with one attached hydrogen (secondary N) is 1. The van der Waals surface area contributed by atoms with Crippen molar-refractivity contribution >= 4 is 11.8 Å². The van der Waals surface area contributed by atoms with Gasteiger partial charge in [0.2, 0.25) is 0 Å². The van der Waals surface area contributed by atoms with E-state index in [-0.39, 0.29) is 0 Å². The topological polar surface area (TPSA) is 78.5 Å². The molecule has 1 heterocycles. The van der Waals surface area contributed by atoms with Crippen LogP contribution in [0.4, 0.5) is 0 Å². The lowest BCUT2D eigenvalue weighted by molar-refractivity contribution is 0.658. The van der Waals surface area contributed by atoms with E-state index in [1.807, 2.05) is 30.3 Å². The molecule has 0 spiro atoms. The molecule has 0 aliphatic heterocycles. The average molecular weight is 244 g/mol. The third-order valence-corrected chi connectivity index (χ3v) is 3.49. The Balaban J connectivity index is 2.13. The number of hydrogen-bond acceptors (Lipinski definition) is 4. The van der Waals surface area contributed by atoms with Crippen molar-refractivity contribution in [2.24, 2.45) is 5.73 Å². The predicted molar refractivity (Wildman–Crippen MR) is 67.2 cm³/mol. The second-order valence-electron chi connectivity index (χ2n) is 3.63. The first-order valence-corrected chi connectivity index (χ1v) is 6.11. The summed E-state index contributed by atoms with van der Waals surface area (Å²) in [5.74, 6) is 0.459. The highest BCUT2D eigenvalue weighted by Crippen LogP contribution is 2.25. The fourth-order valence-corrected chi connectivity index (χ4v) is 2.31. The Morgan fingerprint density at radius 1 is 1.41 bits per heavy atom. The van der Waals surface area contributed by atoms with Crippen LogP contribution in [-0.4, -0.2) is 15.7 Å². The van der Waals surface area contributed by atoms with E-state index in [4.69, 9.17) is 5.73 Å². The second kappa shape index (κ2) is 5.04. The molecule has 0 saturated carbocycles. The van der Waals surface area contributed by atoms with E-state index in [9.17, 15) is 5.26 Å². The Morgan fingerprint density at radius 3 is 2.76 bits per heavy atom. The van der Waals surface area contributed by atoms with Crippen molar-refractivity contribution in [1.82, 2.24) is 9.97 Å². The molecule has 0 radical (unpaired) electrons. The van der Waals surface area contributed by atoms with Crippen LogP contribution in [0.3, 0.4) is 0 Å². The Hall–Kier alpha value is -1.77. The van der Waals surface area contributed by atoms with Gasteiger partial charge in [-0.05, 0) is 5.56 Å². The third-order valence-electron chi connectivity index (χ3n) is 2.40. The van der Waals surface area contributed by atoms with Gasteiger partial charge < -0.3 is 10.7 Å². The normalized spacial score (nSPS) is 13.9. The number of nitrogens with two attached hydrogens (primary N) is 1. The summed E-state index contributed by atoms with van der Waals surface area (Å²) in [6, 6.07) is 11.6. The van der Waals surface area contributed by atoms with E-state index in [0.717, 1.165) is 10.7 Å². The van der Waals surface area contributed by atoms with Crippen LogP contribution in [0.1, 0.15) is 5.56 Å². The van der Waals surface area contributed by atoms with Gasteiger partial charge in [0.25, 0.3) is 0 Å².